The Morgan fingerprint density at radius 2 is 1.84 bits per heavy atom. The molecule has 2 heterocycles. The van der Waals surface area contributed by atoms with Gasteiger partial charge in [-0.05, 0) is 61.4 Å². The normalized spacial score (nSPS) is 16.9. The summed E-state index contributed by atoms with van der Waals surface area (Å²) in [5.74, 6) is -0.00938. The van der Waals surface area contributed by atoms with Crippen LogP contribution in [0.2, 0.25) is 0 Å². The number of fused-ring (bicyclic) bond motifs is 1. The van der Waals surface area contributed by atoms with Crippen molar-refractivity contribution < 1.29 is 13.2 Å². The standard InChI is InChI=1S/C24H30N4O3S/c1-2-3-14-27-15-17-28(18-16-27)24(29)20-9-11-21(12-10-20)26-32(30,31)22-8-4-6-19-7-5-13-25-23(19)22/h5-7,9-13,26H,2-4,8,14-18H2,1H3. The van der Waals surface area contributed by atoms with Crippen molar-refractivity contribution in [2.75, 3.05) is 37.4 Å². The number of sulfonamides is 1. The van der Waals surface area contributed by atoms with Gasteiger partial charge in [0.25, 0.3) is 15.9 Å². The van der Waals surface area contributed by atoms with E-state index in [-0.39, 0.29) is 5.91 Å². The van der Waals surface area contributed by atoms with E-state index >= 15 is 0 Å². The molecule has 8 heteroatoms. The zero-order valence-corrected chi connectivity index (χ0v) is 19.3. The minimum absolute atomic E-state index is 0.00938. The van der Waals surface area contributed by atoms with Crippen LogP contribution < -0.4 is 15.3 Å². The van der Waals surface area contributed by atoms with Gasteiger partial charge in [-0.15, -0.1) is 0 Å². The molecule has 2 aliphatic rings. The highest BCUT2D eigenvalue weighted by atomic mass is 32.2. The van der Waals surface area contributed by atoms with Gasteiger partial charge < -0.3 is 4.90 Å². The summed E-state index contributed by atoms with van der Waals surface area (Å²) in [7, 11) is -3.73. The molecule has 0 bridgehead atoms. The van der Waals surface area contributed by atoms with Crippen LogP contribution in [0.3, 0.4) is 0 Å². The molecule has 1 aromatic carbocycles. The van der Waals surface area contributed by atoms with Crippen LogP contribution in [-0.2, 0) is 10.0 Å². The van der Waals surface area contributed by atoms with E-state index in [0.717, 1.165) is 37.9 Å². The second-order valence-electron chi connectivity index (χ2n) is 8.28. The number of amides is 1. The number of anilines is 1. The summed E-state index contributed by atoms with van der Waals surface area (Å²) in [4.78, 5) is 21.7. The van der Waals surface area contributed by atoms with E-state index in [1.165, 1.54) is 12.8 Å². The summed E-state index contributed by atoms with van der Waals surface area (Å²) < 4.78 is 28.7. The average molecular weight is 455 g/mol. The zero-order chi connectivity index (χ0) is 22.6. The van der Waals surface area contributed by atoms with Crippen LogP contribution in [0.5, 0.6) is 0 Å². The number of nitrogens with zero attached hydrogens (tertiary/aromatic N) is 3. The maximum Gasteiger partial charge on any atom is 0.260 e. The first-order valence-corrected chi connectivity index (χ1v) is 12.7. The summed E-state index contributed by atoms with van der Waals surface area (Å²) in [5, 5.41) is 1.35. The Morgan fingerprint density at radius 3 is 2.56 bits per heavy atom. The van der Waals surface area contributed by atoms with Crippen molar-refractivity contribution in [1.82, 2.24) is 14.8 Å². The van der Waals surface area contributed by atoms with Crippen LogP contribution in [0.4, 0.5) is 5.69 Å². The average Bonchev–Trinajstić information content (AvgIpc) is 2.82. The van der Waals surface area contributed by atoms with Gasteiger partial charge in [-0.2, -0.15) is 0 Å². The van der Waals surface area contributed by atoms with Gasteiger partial charge >= 0.3 is 0 Å². The van der Waals surface area contributed by atoms with Crippen LogP contribution in [0.1, 0.15) is 43.0 Å². The van der Waals surface area contributed by atoms with Gasteiger partial charge in [0, 0.05) is 43.6 Å². The van der Waals surface area contributed by atoms with Gasteiger partial charge in [-0.3, -0.25) is 19.4 Å². The molecule has 1 aromatic heterocycles. The van der Waals surface area contributed by atoms with Crippen molar-refractivity contribution in [2.24, 2.45) is 0 Å². The number of piperazine rings is 1. The van der Waals surface area contributed by atoms with E-state index in [4.69, 9.17) is 0 Å². The Labute approximate surface area is 189 Å². The number of nitrogens with one attached hydrogen (secondary N) is 1. The van der Waals surface area contributed by atoms with E-state index < -0.39 is 10.0 Å². The Morgan fingerprint density at radius 1 is 1.09 bits per heavy atom. The number of benzene rings is 1. The lowest BCUT2D eigenvalue weighted by atomic mass is 10.1. The molecule has 32 heavy (non-hydrogen) atoms. The Kier molecular flexibility index (Phi) is 6.91. The Balaban J connectivity index is 1.43. The lowest BCUT2D eigenvalue weighted by molar-refractivity contribution is 0.0636. The Hall–Kier alpha value is -2.71. The molecule has 0 spiro atoms. The smallest absolute Gasteiger partial charge is 0.260 e. The summed E-state index contributed by atoms with van der Waals surface area (Å²) in [6.45, 7) is 6.51. The molecule has 1 aliphatic heterocycles. The molecule has 1 saturated heterocycles. The quantitative estimate of drug-likeness (QED) is 0.690. The fraction of sp³-hybridized carbons (Fsp3) is 0.417. The van der Waals surface area contributed by atoms with Gasteiger partial charge in [0.2, 0.25) is 0 Å². The van der Waals surface area contributed by atoms with Gasteiger partial charge in [-0.1, -0.05) is 25.5 Å². The molecule has 0 radical (unpaired) electrons. The first-order valence-electron chi connectivity index (χ1n) is 11.3. The van der Waals surface area contributed by atoms with Crippen LogP contribution >= 0.6 is 0 Å². The Bertz CT molecular complexity index is 1180. The maximum absolute atomic E-state index is 13.0. The minimum atomic E-state index is -3.73. The number of carbonyl (C=O) groups excluding carboxylic acids is 1. The van der Waals surface area contributed by atoms with Crippen LogP contribution in [-0.4, -0.2) is 61.8 Å². The molecule has 4 rings (SSSR count). The summed E-state index contributed by atoms with van der Waals surface area (Å²) in [5.41, 5.74) is 1.01. The van der Waals surface area contributed by atoms with Crippen LogP contribution in [0.15, 0.2) is 42.6 Å². The van der Waals surface area contributed by atoms with Gasteiger partial charge in [0.05, 0.1) is 10.3 Å². The fourth-order valence-electron chi connectivity index (χ4n) is 4.19. The van der Waals surface area contributed by atoms with E-state index in [1.54, 1.807) is 36.5 Å². The zero-order valence-electron chi connectivity index (χ0n) is 18.5. The first kappa shape index (κ1) is 22.5. The largest absolute Gasteiger partial charge is 0.336 e. The molecule has 7 nitrogen and oxygen atoms in total. The number of pyridine rings is 1. The van der Waals surface area contributed by atoms with E-state index in [0.29, 0.717) is 34.3 Å². The second-order valence-corrected chi connectivity index (χ2v) is 9.98. The predicted molar refractivity (Wildman–Crippen MR) is 127 cm³/mol. The number of unbranched alkanes of at least 4 members (excludes halogenated alkanes) is 1. The number of rotatable bonds is 7. The highest BCUT2D eigenvalue weighted by Gasteiger charge is 2.23. The predicted octanol–water partition coefficient (Wildman–Crippen LogP) is 1.76. The van der Waals surface area contributed by atoms with E-state index in [9.17, 15) is 13.2 Å². The third kappa shape index (κ3) is 5.02. The van der Waals surface area contributed by atoms with Crippen molar-refractivity contribution in [3.05, 3.63) is 58.7 Å². The molecule has 1 aliphatic carbocycles. The van der Waals surface area contributed by atoms with Crippen molar-refractivity contribution in [3.63, 3.8) is 0 Å². The van der Waals surface area contributed by atoms with Crippen molar-refractivity contribution in [3.8, 4) is 0 Å². The summed E-state index contributed by atoms with van der Waals surface area (Å²) in [6.07, 6.45) is 7.05. The highest BCUT2D eigenvalue weighted by Crippen LogP contribution is 2.20. The van der Waals surface area contributed by atoms with Crippen LogP contribution in [0.25, 0.3) is 11.0 Å². The lowest BCUT2D eigenvalue weighted by Gasteiger charge is -2.34. The van der Waals surface area contributed by atoms with Gasteiger partial charge in [-0.25, -0.2) is 8.42 Å². The molecule has 1 fully saturated rings. The van der Waals surface area contributed by atoms with Crippen LogP contribution in [0, 0.1) is 0 Å². The third-order valence-corrected chi connectivity index (χ3v) is 7.59. The molecular weight excluding hydrogens is 424 g/mol. The lowest BCUT2D eigenvalue weighted by Crippen LogP contribution is -2.48. The third-order valence-electron chi connectivity index (χ3n) is 6.03. The van der Waals surface area contributed by atoms with Gasteiger partial charge in [0.1, 0.15) is 0 Å². The molecule has 1 amide bonds. The van der Waals surface area contributed by atoms with Crippen molar-refractivity contribution >= 4 is 32.6 Å². The monoisotopic (exact) mass is 454 g/mol. The first-order chi connectivity index (χ1) is 15.5. The second kappa shape index (κ2) is 9.83. The summed E-state index contributed by atoms with van der Waals surface area (Å²) in [6, 6.07) is 10.4. The number of aromatic nitrogens is 1. The molecule has 0 atom stereocenters. The molecule has 0 unspecified atom stereocenters. The topological polar surface area (TPSA) is 82.6 Å². The fourth-order valence-corrected chi connectivity index (χ4v) is 5.57. The molecular formula is C24H30N4O3S. The van der Waals surface area contributed by atoms with Gasteiger partial charge in [0.15, 0.2) is 0 Å². The molecule has 0 saturated carbocycles. The SMILES string of the molecule is CCCCN1CCN(C(=O)c2ccc(NS(=O)(=O)C3=c4ncccc4=CCC3)cc2)CC1. The summed E-state index contributed by atoms with van der Waals surface area (Å²) >= 11 is 0. The molecule has 2 aromatic rings. The molecule has 170 valence electrons. The molecule has 1 N–H and O–H groups in total. The van der Waals surface area contributed by atoms with Crippen molar-refractivity contribution in [2.45, 2.75) is 32.6 Å². The van der Waals surface area contributed by atoms with E-state index in [2.05, 4.69) is 21.5 Å². The maximum atomic E-state index is 13.0. The minimum Gasteiger partial charge on any atom is -0.336 e. The van der Waals surface area contributed by atoms with E-state index in [1.807, 2.05) is 17.0 Å². The van der Waals surface area contributed by atoms with Crippen molar-refractivity contribution in [1.29, 1.82) is 0 Å². The highest BCUT2D eigenvalue weighted by molar-refractivity contribution is 8.01. The number of hydrogen-bond donors (Lipinski definition) is 1. The number of carbonyl (C=O) groups is 1. The number of hydrogen-bond acceptors (Lipinski definition) is 5.